The van der Waals surface area contributed by atoms with Gasteiger partial charge in [0.05, 0.1) is 19.8 Å². The van der Waals surface area contributed by atoms with Gasteiger partial charge in [0, 0.05) is 34.8 Å². The zero-order valence-electron chi connectivity index (χ0n) is 21.9. The number of carbonyl (C=O) groups excluding carboxylic acids is 2. The Morgan fingerprint density at radius 3 is 2.50 bits per heavy atom. The lowest BCUT2D eigenvalue weighted by molar-refractivity contribution is -0.129. The number of methoxy groups -OCH3 is 2. The second kappa shape index (κ2) is 9.57. The number of allylic oxidation sites excluding steroid dienone is 1. The Kier molecular flexibility index (Phi) is 6.15. The zero-order valence-corrected chi connectivity index (χ0v) is 22.6. The summed E-state index contributed by atoms with van der Waals surface area (Å²) in [5.41, 5.74) is 0.799. The van der Waals surface area contributed by atoms with E-state index in [0.29, 0.717) is 34.5 Å². The van der Waals surface area contributed by atoms with E-state index in [1.807, 2.05) is 42.5 Å². The second-order valence-corrected chi connectivity index (χ2v) is 10.2. The van der Waals surface area contributed by atoms with E-state index in [9.17, 15) is 14.4 Å². The third-order valence-corrected chi connectivity index (χ3v) is 7.79. The molecule has 0 saturated carbocycles. The minimum atomic E-state index is -1.76. The van der Waals surface area contributed by atoms with Gasteiger partial charge in [0.2, 0.25) is 17.2 Å². The highest BCUT2D eigenvalue weighted by Crippen LogP contribution is 2.53. The summed E-state index contributed by atoms with van der Waals surface area (Å²) in [5.74, 6) is -0.956. The summed E-state index contributed by atoms with van der Waals surface area (Å²) in [6, 6.07) is 17.9. The van der Waals surface area contributed by atoms with Gasteiger partial charge in [-0.05, 0) is 36.2 Å². The van der Waals surface area contributed by atoms with Crippen molar-refractivity contribution in [3.8, 4) is 28.4 Å². The maximum Gasteiger partial charge on any atom is 0.344 e. The molecule has 1 N–H and O–H groups in total. The number of fused-ring (bicyclic) bond motifs is 2. The van der Waals surface area contributed by atoms with Crippen molar-refractivity contribution < 1.29 is 28.2 Å². The molecule has 4 aromatic rings. The van der Waals surface area contributed by atoms with E-state index in [0.717, 1.165) is 5.39 Å². The van der Waals surface area contributed by atoms with Gasteiger partial charge in [-0.25, -0.2) is 4.79 Å². The van der Waals surface area contributed by atoms with Crippen LogP contribution in [0, 0.1) is 5.92 Å². The minimum Gasteiger partial charge on any atom is -0.496 e. The molecule has 1 aromatic heterocycles. The van der Waals surface area contributed by atoms with E-state index in [-0.39, 0.29) is 27.8 Å². The average Bonchev–Trinajstić information content (AvgIpc) is 3.26. The minimum absolute atomic E-state index is 0.0785. The van der Waals surface area contributed by atoms with Crippen molar-refractivity contribution in [2.45, 2.75) is 18.9 Å². The fourth-order valence-electron chi connectivity index (χ4n) is 5.43. The molecule has 2 aliphatic rings. The van der Waals surface area contributed by atoms with E-state index in [4.69, 9.17) is 30.2 Å². The second-order valence-electron chi connectivity index (χ2n) is 9.80. The van der Waals surface area contributed by atoms with Crippen LogP contribution < -0.4 is 25.2 Å². The number of ether oxygens (including phenoxy) is 3. The first-order valence-corrected chi connectivity index (χ1v) is 13.0. The molecule has 1 spiro atoms. The van der Waals surface area contributed by atoms with Crippen LogP contribution in [0.2, 0.25) is 5.02 Å². The summed E-state index contributed by atoms with van der Waals surface area (Å²) in [7, 11) is 2.86. The molecule has 0 fully saturated rings. The van der Waals surface area contributed by atoms with Crippen LogP contribution in [0.15, 0.2) is 81.6 Å². The van der Waals surface area contributed by atoms with Crippen LogP contribution in [0.25, 0.3) is 22.1 Å². The van der Waals surface area contributed by atoms with Crippen molar-refractivity contribution in [1.29, 1.82) is 0 Å². The molecule has 2 atom stereocenters. The number of Topliss-reactive ketones (excluding diaryl/α,β-unsaturated/α-hetero) is 1. The van der Waals surface area contributed by atoms with Crippen LogP contribution in [0.4, 0.5) is 5.69 Å². The molecule has 0 amide bonds. The standard InChI is InChI=1S/C31H24ClNO7/c1-16-11-20(14-25(34)31(16)29(35)26-23(37-2)15-24(38-3)27(32)28(26)40-31)33-19-9-6-8-17(12-19)21-13-18-7-4-5-10-22(18)39-30(21)36/h4-10,12-16,33H,11H2,1-3H3. The molecule has 3 aromatic carbocycles. The predicted molar refractivity (Wildman–Crippen MR) is 151 cm³/mol. The largest absolute Gasteiger partial charge is 0.496 e. The fourth-order valence-corrected chi connectivity index (χ4v) is 5.69. The zero-order chi connectivity index (χ0) is 28.2. The van der Waals surface area contributed by atoms with Gasteiger partial charge in [0.25, 0.3) is 0 Å². The molecule has 1 aliphatic carbocycles. The van der Waals surface area contributed by atoms with E-state index in [1.54, 1.807) is 19.1 Å². The van der Waals surface area contributed by atoms with Gasteiger partial charge in [-0.2, -0.15) is 0 Å². The summed E-state index contributed by atoms with van der Waals surface area (Å²) in [6.45, 7) is 1.78. The third kappa shape index (κ3) is 3.86. The summed E-state index contributed by atoms with van der Waals surface area (Å²) < 4.78 is 22.3. The predicted octanol–water partition coefficient (Wildman–Crippen LogP) is 6.05. The first-order valence-electron chi connectivity index (χ1n) is 12.6. The lowest BCUT2D eigenvalue weighted by Gasteiger charge is -2.35. The molecule has 2 unspecified atom stereocenters. The van der Waals surface area contributed by atoms with Gasteiger partial charge in [-0.1, -0.05) is 48.9 Å². The Morgan fingerprint density at radius 2 is 1.75 bits per heavy atom. The molecular formula is C31H24ClNO7. The van der Waals surface area contributed by atoms with Crippen molar-refractivity contribution in [3.63, 3.8) is 0 Å². The van der Waals surface area contributed by atoms with Gasteiger partial charge < -0.3 is 23.9 Å². The number of rotatable bonds is 5. The van der Waals surface area contributed by atoms with Gasteiger partial charge in [0.1, 0.15) is 27.7 Å². The Bertz CT molecular complexity index is 1810. The molecule has 2 heterocycles. The topological polar surface area (TPSA) is 104 Å². The average molecular weight is 558 g/mol. The molecule has 6 rings (SSSR count). The van der Waals surface area contributed by atoms with E-state index < -0.39 is 28.7 Å². The first kappa shape index (κ1) is 25.7. The van der Waals surface area contributed by atoms with Gasteiger partial charge in [0.15, 0.2) is 5.75 Å². The van der Waals surface area contributed by atoms with Gasteiger partial charge in [-0.3, -0.25) is 9.59 Å². The van der Waals surface area contributed by atoms with Crippen molar-refractivity contribution in [2.24, 2.45) is 5.92 Å². The summed E-state index contributed by atoms with van der Waals surface area (Å²) in [4.78, 5) is 40.0. The summed E-state index contributed by atoms with van der Waals surface area (Å²) >= 11 is 6.47. The Hall–Kier alpha value is -4.56. The Labute approximate surface area is 234 Å². The van der Waals surface area contributed by atoms with Crippen LogP contribution in [-0.4, -0.2) is 31.4 Å². The van der Waals surface area contributed by atoms with Crippen LogP contribution in [0.3, 0.4) is 0 Å². The molecule has 8 nitrogen and oxygen atoms in total. The van der Waals surface area contributed by atoms with Crippen molar-refractivity contribution in [1.82, 2.24) is 0 Å². The Morgan fingerprint density at radius 1 is 0.975 bits per heavy atom. The molecule has 40 heavy (non-hydrogen) atoms. The number of benzene rings is 3. The fraction of sp³-hybridized carbons (Fsp3) is 0.194. The number of anilines is 1. The molecule has 0 saturated heterocycles. The number of nitrogens with one attached hydrogen (secondary N) is 1. The third-order valence-electron chi connectivity index (χ3n) is 7.43. The van der Waals surface area contributed by atoms with Crippen LogP contribution in [0.5, 0.6) is 17.2 Å². The molecule has 9 heteroatoms. The number of halogens is 1. The number of hydrogen-bond donors (Lipinski definition) is 1. The lowest BCUT2D eigenvalue weighted by Crippen LogP contribution is -2.55. The van der Waals surface area contributed by atoms with Crippen LogP contribution in [0.1, 0.15) is 23.7 Å². The van der Waals surface area contributed by atoms with E-state index in [1.165, 1.54) is 26.4 Å². The monoisotopic (exact) mass is 557 g/mol. The number of para-hydroxylation sites is 1. The summed E-state index contributed by atoms with van der Waals surface area (Å²) in [6.07, 6.45) is 1.73. The van der Waals surface area contributed by atoms with Crippen molar-refractivity contribution in [2.75, 3.05) is 19.5 Å². The number of hydrogen-bond acceptors (Lipinski definition) is 8. The molecule has 0 bridgehead atoms. The lowest BCUT2D eigenvalue weighted by atomic mass is 9.74. The van der Waals surface area contributed by atoms with Crippen molar-refractivity contribution in [3.05, 3.63) is 93.4 Å². The first-order chi connectivity index (χ1) is 19.3. The van der Waals surface area contributed by atoms with E-state index >= 15 is 0 Å². The van der Waals surface area contributed by atoms with E-state index in [2.05, 4.69) is 5.32 Å². The normalized spacial score (nSPS) is 19.8. The van der Waals surface area contributed by atoms with Gasteiger partial charge in [-0.15, -0.1) is 0 Å². The molecular weight excluding hydrogens is 534 g/mol. The maximum absolute atomic E-state index is 13.7. The van der Waals surface area contributed by atoms with Crippen LogP contribution in [-0.2, 0) is 4.79 Å². The van der Waals surface area contributed by atoms with Crippen molar-refractivity contribution >= 4 is 39.8 Å². The smallest absolute Gasteiger partial charge is 0.344 e. The van der Waals surface area contributed by atoms with Gasteiger partial charge >= 0.3 is 5.63 Å². The SMILES string of the molecule is COc1cc(OC)c2c(c1Cl)OC1(C(=O)C=C(Nc3cccc(-c4cc5ccccc5oc4=O)c3)CC1C)C2=O. The quantitative estimate of drug-likeness (QED) is 0.234. The maximum atomic E-state index is 13.7. The molecule has 202 valence electrons. The number of ketones is 2. The Balaban J connectivity index is 1.31. The van der Waals surface area contributed by atoms with Crippen LogP contribution >= 0.6 is 11.6 Å². The summed E-state index contributed by atoms with van der Waals surface area (Å²) in [5, 5.41) is 4.19. The highest BCUT2D eigenvalue weighted by atomic mass is 35.5. The molecule has 0 radical (unpaired) electrons. The number of carbonyl (C=O) groups is 2. The highest BCUT2D eigenvalue weighted by Gasteiger charge is 2.60. The highest BCUT2D eigenvalue weighted by molar-refractivity contribution is 6.36. The molecule has 1 aliphatic heterocycles.